The second-order valence-corrected chi connectivity index (χ2v) is 6.33. The molecule has 1 aliphatic carbocycles. The highest BCUT2D eigenvalue weighted by molar-refractivity contribution is 5.81. The van der Waals surface area contributed by atoms with Crippen LogP contribution in [0.5, 0.6) is 0 Å². The fraction of sp³-hybridized carbons (Fsp3) is 0.611. The highest BCUT2D eigenvalue weighted by atomic mass is 19.1. The lowest BCUT2D eigenvalue weighted by atomic mass is 9.66. The molecule has 1 aromatic rings. The summed E-state index contributed by atoms with van der Waals surface area (Å²) in [5.74, 6) is -0.418. The van der Waals surface area contributed by atoms with Crippen molar-refractivity contribution in [1.82, 2.24) is 0 Å². The first-order chi connectivity index (χ1) is 10.1. The van der Waals surface area contributed by atoms with E-state index in [1.165, 1.54) is 37.8 Å². The molecule has 3 heteroatoms. The fourth-order valence-corrected chi connectivity index (χ4v) is 3.54. The molecule has 21 heavy (non-hydrogen) atoms. The van der Waals surface area contributed by atoms with Crippen LogP contribution in [0.3, 0.4) is 0 Å². The van der Waals surface area contributed by atoms with E-state index in [0.29, 0.717) is 18.8 Å². The average molecular weight is 292 g/mol. The van der Waals surface area contributed by atoms with E-state index in [0.717, 1.165) is 18.4 Å². The van der Waals surface area contributed by atoms with Crippen molar-refractivity contribution in [3.05, 3.63) is 35.6 Å². The van der Waals surface area contributed by atoms with Crippen molar-refractivity contribution < 1.29 is 14.3 Å². The number of carboxylic acids is 1. The van der Waals surface area contributed by atoms with Gasteiger partial charge in [-0.1, -0.05) is 44.7 Å². The maximum atomic E-state index is 13.1. The van der Waals surface area contributed by atoms with E-state index in [4.69, 9.17) is 0 Å². The molecule has 0 bridgehead atoms. The number of hydrogen-bond donors (Lipinski definition) is 1. The fourth-order valence-electron chi connectivity index (χ4n) is 3.54. The predicted molar refractivity (Wildman–Crippen MR) is 81.8 cm³/mol. The van der Waals surface area contributed by atoms with Crippen LogP contribution >= 0.6 is 0 Å². The molecule has 0 saturated heterocycles. The molecule has 0 atom stereocenters. The molecule has 1 fully saturated rings. The molecular weight excluding hydrogens is 267 g/mol. The molecule has 0 unspecified atom stereocenters. The molecule has 0 aliphatic heterocycles. The van der Waals surface area contributed by atoms with Gasteiger partial charge in [-0.05, 0) is 49.3 Å². The van der Waals surface area contributed by atoms with E-state index in [1.807, 2.05) is 0 Å². The summed E-state index contributed by atoms with van der Waals surface area (Å²) in [6.07, 6.45) is 8.22. The Hall–Kier alpha value is -1.38. The number of hydrogen-bond acceptors (Lipinski definition) is 1. The smallest absolute Gasteiger partial charge is 0.314 e. The molecule has 1 N–H and O–H groups in total. The first-order valence-electron chi connectivity index (χ1n) is 8.08. The Morgan fingerprint density at radius 2 is 1.86 bits per heavy atom. The van der Waals surface area contributed by atoms with Gasteiger partial charge in [0, 0.05) is 0 Å². The van der Waals surface area contributed by atoms with Gasteiger partial charge in [0.25, 0.3) is 0 Å². The summed E-state index contributed by atoms with van der Waals surface area (Å²) in [5, 5.41) is 9.72. The van der Waals surface area contributed by atoms with Crippen molar-refractivity contribution in [2.75, 3.05) is 0 Å². The Morgan fingerprint density at radius 3 is 2.38 bits per heavy atom. The van der Waals surface area contributed by atoms with Crippen LogP contribution in [0, 0.1) is 11.7 Å². The van der Waals surface area contributed by atoms with E-state index >= 15 is 0 Å². The van der Waals surface area contributed by atoms with Gasteiger partial charge < -0.3 is 5.11 Å². The van der Waals surface area contributed by atoms with Gasteiger partial charge >= 0.3 is 5.97 Å². The Balaban J connectivity index is 2.05. The molecular formula is C18H25FO2. The summed E-state index contributed by atoms with van der Waals surface area (Å²) in [6, 6.07) is 6.02. The van der Waals surface area contributed by atoms with Gasteiger partial charge in [-0.3, -0.25) is 4.79 Å². The van der Waals surface area contributed by atoms with Crippen molar-refractivity contribution in [2.24, 2.45) is 5.92 Å². The number of rotatable bonds is 6. The molecule has 0 heterocycles. The molecule has 0 amide bonds. The minimum atomic E-state index is -0.811. The Bertz CT molecular complexity index is 459. The molecule has 0 aromatic heterocycles. The Kier molecular flexibility index (Phi) is 5.38. The number of aliphatic carboxylic acids is 1. The van der Waals surface area contributed by atoms with Crippen molar-refractivity contribution in [3.63, 3.8) is 0 Å². The van der Waals surface area contributed by atoms with Crippen LogP contribution in [-0.4, -0.2) is 11.1 Å². The first kappa shape index (κ1) is 16.0. The largest absolute Gasteiger partial charge is 0.481 e. The van der Waals surface area contributed by atoms with E-state index in [1.54, 1.807) is 12.1 Å². The van der Waals surface area contributed by atoms with Crippen molar-refractivity contribution >= 4 is 5.97 Å². The van der Waals surface area contributed by atoms with Crippen LogP contribution < -0.4 is 0 Å². The highest BCUT2D eigenvalue weighted by Crippen LogP contribution is 2.43. The summed E-state index contributed by atoms with van der Waals surface area (Å²) in [4.78, 5) is 11.8. The Morgan fingerprint density at radius 1 is 1.24 bits per heavy atom. The highest BCUT2D eigenvalue weighted by Gasteiger charge is 2.43. The lowest BCUT2D eigenvalue weighted by molar-refractivity contribution is -0.145. The summed E-state index contributed by atoms with van der Waals surface area (Å²) in [6.45, 7) is 2.20. The lowest BCUT2D eigenvalue weighted by Crippen LogP contribution is -2.39. The summed E-state index contributed by atoms with van der Waals surface area (Å²) < 4.78 is 13.1. The zero-order chi connectivity index (χ0) is 15.3. The quantitative estimate of drug-likeness (QED) is 0.756. The predicted octanol–water partition coefficient (Wildman–Crippen LogP) is 4.92. The van der Waals surface area contributed by atoms with Gasteiger partial charge in [0.15, 0.2) is 0 Å². The van der Waals surface area contributed by atoms with Gasteiger partial charge in [-0.25, -0.2) is 4.39 Å². The van der Waals surface area contributed by atoms with Crippen LogP contribution in [0.2, 0.25) is 0 Å². The van der Waals surface area contributed by atoms with Gasteiger partial charge in [-0.2, -0.15) is 0 Å². The molecule has 1 aliphatic rings. The first-order valence-corrected chi connectivity index (χ1v) is 8.08. The van der Waals surface area contributed by atoms with Gasteiger partial charge in [0.2, 0.25) is 0 Å². The maximum Gasteiger partial charge on any atom is 0.314 e. The number of carboxylic acid groups (broad SMARTS) is 1. The van der Waals surface area contributed by atoms with Crippen LogP contribution in [0.1, 0.15) is 63.9 Å². The molecule has 1 aromatic carbocycles. The molecule has 2 rings (SSSR count). The number of halogens is 1. The minimum absolute atomic E-state index is 0.312. The number of unbranched alkanes of at least 4 members (excludes halogenated alkanes) is 2. The minimum Gasteiger partial charge on any atom is -0.481 e. The number of benzene rings is 1. The zero-order valence-corrected chi connectivity index (χ0v) is 12.8. The lowest BCUT2D eigenvalue weighted by Gasteiger charge is -2.37. The topological polar surface area (TPSA) is 37.3 Å². The SMILES string of the molecule is CCCCCC1CCC(C(=O)O)(c2ccc(F)cc2)CC1. The van der Waals surface area contributed by atoms with Gasteiger partial charge in [-0.15, -0.1) is 0 Å². The van der Waals surface area contributed by atoms with Crippen LogP contribution in [-0.2, 0) is 10.2 Å². The third kappa shape index (κ3) is 3.63. The average Bonchev–Trinajstić information content (AvgIpc) is 2.49. The van der Waals surface area contributed by atoms with Crippen LogP contribution in [0.4, 0.5) is 4.39 Å². The van der Waals surface area contributed by atoms with Crippen LogP contribution in [0.15, 0.2) is 24.3 Å². The molecule has 0 radical (unpaired) electrons. The molecule has 1 saturated carbocycles. The second-order valence-electron chi connectivity index (χ2n) is 6.33. The normalized spacial score (nSPS) is 25.7. The van der Waals surface area contributed by atoms with Crippen molar-refractivity contribution in [2.45, 2.75) is 63.7 Å². The van der Waals surface area contributed by atoms with E-state index in [-0.39, 0.29) is 5.82 Å². The molecule has 116 valence electrons. The van der Waals surface area contributed by atoms with Crippen molar-refractivity contribution in [3.8, 4) is 0 Å². The summed E-state index contributed by atoms with van der Waals surface area (Å²) in [5.41, 5.74) is -0.0574. The Labute approximate surface area is 126 Å². The van der Waals surface area contributed by atoms with Gasteiger partial charge in [0.1, 0.15) is 5.82 Å². The number of carbonyl (C=O) groups is 1. The zero-order valence-electron chi connectivity index (χ0n) is 12.8. The maximum absolute atomic E-state index is 13.1. The second kappa shape index (κ2) is 7.06. The standard InChI is InChI=1S/C18H25FO2/c1-2-3-4-5-14-10-12-18(13-11-14,17(20)21)15-6-8-16(19)9-7-15/h6-9,14H,2-5,10-13H2,1H3,(H,20,21). The van der Waals surface area contributed by atoms with Crippen LogP contribution in [0.25, 0.3) is 0 Å². The summed E-state index contributed by atoms with van der Waals surface area (Å²) >= 11 is 0. The third-order valence-corrected chi connectivity index (χ3v) is 4.98. The molecule has 0 spiro atoms. The van der Waals surface area contributed by atoms with Crippen molar-refractivity contribution in [1.29, 1.82) is 0 Å². The molecule has 2 nitrogen and oxygen atoms in total. The summed E-state index contributed by atoms with van der Waals surface area (Å²) in [7, 11) is 0. The van der Waals surface area contributed by atoms with E-state index < -0.39 is 11.4 Å². The van der Waals surface area contributed by atoms with Gasteiger partial charge in [0.05, 0.1) is 5.41 Å². The monoisotopic (exact) mass is 292 g/mol. The third-order valence-electron chi connectivity index (χ3n) is 4.98. The van der Waals surface area contributed by atoms with E-state index in [9.17, 15) is 14.3 Å². The van der Waals surface area contributed by atoms with E-state index in [2.05, 4.69) is 6.92 Å².